The van der Waals surface area contributed by atoms with Gasteiger partial charge in [0.15, 0.2) is 0 Å². The number of likely N-dealkylation sites (N-methyl/N-ethyl adjacent to an activating group) is 1. The van der Waals surface area contributed by atoms with Gasteiger partial charge in [0, 0.05) is 31.2 Å². The highest BCUT2D eigenvalue weighted by molar-refractivity contribution is 6.31. The van der Waals surface area contributed by atoms with Crippen LogP contribution in [0.1, 0.15) is 13.3 Å². The van der Waals surface area contributed by atoms with Crippen LogP contribution in [0.4, 0.5) is 5.69 Å². The highest BCUT2D eigenvalue weighted by Crippen LogP contribution is 2.27. The van der Waals surface area contributed by atoms with Gasteiger partial charge in [0.1, 0.15) is 12.2 Å². The van der Waals surface area contributed by atoms with Crippen molar-refractivity contribution >= 4 is 29.1 Å². The molecule has 0 atom stereocenters. The molecular formula is C16H22ClN3O3. The van der Waals surface area contributed by atoms with E-state index >= 15 is 0 Å². The first-order valence-corrected chi connectivity index (χ1v) is 8.04. The number of carbonyl (C=O) groups is 2. The van der Waals surface area contributed by atoms with E-state index in [1.807, 2.05) is 0 Å². The molecule has 126 valence electrons. The molecule has 2 amide bonds. The zero-order chi connectivity index (χ0) is 16.8. The van der Waals surface area contributed by atoms with E-state index in [-0.39, 0.29) is 18.2 Å². The highest BCUT2D eigenvalue weighted by Gasteiger charge is 2.22. The maximum atomic E-state index is 12.2. The molecule has 1 aromatic rings. The Balaban J connectivity index is 1.90. The number of ether oxygens (including phenoxy) is 1. The van der Waals surface area contributed by atoms with Crippen LogP contribution >= 0.6 is 11.6 Å². The average Bonchev–Trinajstić information content (AvgIpc) is 2.55. The molecule has 1 heterocycles. The molecule has 1 saturated heterocycles. The fourth-order valence-electron chi connectivity index (χ4n) is 2.53. The van der Waals surface area contributed by atoms with Crippen LogP contribution < -0.4 is 10.1 Å². The number of hydrogen-bond donors (Lipinski definition) is 1. The number of carbonyl (C=O) groups excluding carboxylic acids is 2. The maximum absolute atomic E-state index is 12.2. The van der Waals surface area contributed by atoms with Crippen molar-refractivity contribution in [3.05, 3.63) is 23.2 Å². The van der Waals surface area contributed by atoms with Gasteiger partial charge in [-0.25, -0.2) is 0 Å². The van der Waals surface area contributed by atoms with Gasteiger partial charge >= 0.3 is 0 Å². The van der Waals surface area contributed by atoms with Crippen molar-refractivity contribution in [1.29, 1.82) is 0 Å². The fraction of sp³-hybridized carbons (Fsp3) is 0.500. The smallest absolute Gasteiger partial charge is 0.233 e. The number of rotatable bonds is 5. The van der Waals surface area contributed by atoms with E-state index in [0.717, 1.165) is 19.6 Å². The van der Waals surface area contributed by atoms with Crippen LogP contribution in [-0.4, -0.2) is 61.4 Å². The van der Waals surface area contributed by atoms with Crippen LogP contribution in [0.25, 0.3) is 0 Å². The van der Waals surface area contributed by atoms with Gasteiger partial charge in [0.05, 0.1) is 12.8 Å². The predicted molar refractivity (Wildman–Crippen MR) is 89.9 cm³/mol. The topological polar surface area (TPSA) is 61.9 Å². The quantitative estimate of drug-likeness (QED) is 0.832. The summed E-state index contributed by atoms with van der Waals surface area (Å²) in [5.41, 5.74) is 0.466. The average molecular weight is 340 g/mol. The maximum Gasteiger partial charge on any atom is 0.233 e. The van der Waals surface area contributed by atoms with Gasteiger partial charge in [0.2, 0.25) is 11.8 Å². The van der Waals surface area contributed by atoms with Crippen molar-refractivity contribution in [3.63, 3.8) is 0 Å². The summed E-state index contributed by atoms with van der Waals surface area (Å²) >= 11 is 5.93. The largest absolute Gasteiger partial charge is 0.495 e. The monoisotopic (exact) mass is 339 g/mol. The molecule has 7 heteroatoms. The second-order valence-corrected chi connectivity index (χ2v) is 5.82. The molecule has 2 rings (SSSR count). The number of amides is 2. The number of hydrogen-bond acceptors (Lipinski definition) is 4. The Morgan fingerprint density at radius 3 is 2.57 bits per heavy atom. The zero-order valence-corrected chi connectivity index (χ0v) is 14.2. The standard InChI is InChI=1S/C16H22ClN3O3/c1-3-19-6-8-20(9-7-19)16(22)11-15(21)18-13-10-12(17)4-5-14(13)23-2/h4-5,10H,3,6-9,11H2,1-2H3,(H,18,21). The van der Waals surface area contributed by atoms with E-state index in [4.69, 9.17) is 16.3 Å². The first-order chi connectivity index (χ1) is 11.0. The van der Waals surface area contributed by atoms with Crippen molar-refractivity contribution in [1.82, 2.24) is 9.80 Å². The Kier molecular flexibility index (Phi) is 6.24. The number of nitrogens with zero attached hydrogens (tertiary/aromatic N) is 2. The van der Waals surface area contributed by atoms with E-state index in [1.54, 1.807) is 23.1 Å². The van der Waals surface area contributed by atoms with Crippen LogP contribution in [0.3, 0.4) is 0 Å². The van der Waals surface area contributed by atoms with Gasteiger partial charge in [-0.15, -0.1) is 0 Å². The number of benzene rings is 1. The molecule has 23 heavy (non-hydrogen) atoms. The molecule has 0 aromatic heterocycles. The normalized spacial score (nSPS) is 15.3. The van der Waals surface area contributed by atoms with Crippen molar-refractivity contribution < 1.29 is 14.3 Å². The summed E-state index contributed by atoms with van der Waals surface area (Å²) in [5.74, 6) is -0.0144. The van der Waals surface area contributed by atoms with E-state index in [1.165, 1.54) is 7.11 Å². The van der Waals surface area contributed by atoms with Crippen molar-refractivity contribution in [2.24, 2.45) is 0 Å². The van der Waals surface area contributed by atoms with Crippen molar-refractivity contribution in [3.8, 4) is 5.75 Å². The molecular weight excluding hydrogens is 318 g/mol. The minimum Gasteiger partial charge on any atom is -0.495 e. The number of piperazine rings is 1. The van der Waals surface area contributed by atoms with E-state index in [9.17, 15) is 9.59 Å². The molecule has 1 aliphatic heterocycles. The lowest BCUT2D eigenvalue weighted by atomic mass is 10.2. The molecule has 0 unspecified atom stereocenters. The van der Waals surface area contributed by atoms with Crippen LogP contribution in [0.15, 0.2) is 18.2 Å². The number of anilines is 1. The first-order valence-electron chi connectivity index (χ1n) is 7.67. The molecule has 0 bridgehead atoms. The molecule has 0 spiro atoms. The zero-order valence-electron chi connectivity index (χ0n) is 13.5. The second-order valence-electron chi connectivity index (χ2n) is 5.38. The molecule has 0 saturated carbocycles. The number of halogens is 1. The minimum atomic E-state index is -0.367. The van der Waals surface area contributed by atoms with Crippen LogP contribution in [0.5, 0.6) is 5.75 Å². The first kappa shape index (κ1) is 17.6. The third-order valence-corrected chi connectivity index (χ3v) is 4.15. The molecule has 0 aliphatic carbocycles. The lowest BCUT2D eigenvalue weighted by Crippen LogP contribution is -2.49. The number of methoxy groups -OCH3 is 1. The molecule has 1 aromatic carbocycles. The lowest BCUT2D eigenvalue weighted by Gasteiger charge is -2.34. The Bertz CT molecular complexity index is 572. The molecule has 1 aliphatic rings. The summed E-state index contributed by atoms with van der Waals surface area (Å²) in [6, 6.07) is 4.95. The van der Waals surface area contributed by atoms with Crippen LogP contribution in [-0.2, 0) is 9.59 Å². The van der Waals surface area contributed by atoms with Crippen molar-refractivity contribution in [2.75, 3.05) is 45.2 Å². The van der Waals surface area contributed by atoms with Gasteiger partial charge in [-0.05, 0) is 24.7 Å². The Hall–Kier alpha value is -1.79. The predicted octanol–water partition coefficient (Wildman–Crippen LogP) is 1.84. The third kappa shape index (κ3) is 4.84. The van der Waals surface area contributed by atoms with Gasteiger partial charge < -0.3 is 19.9 Å². The molecule has 1 fully saturated rings. The van der Waals surface area contributed by atoms with Crippen molar-refractivity contribution in [2.45, 2.75) is 13.3 Å². The summed E-state index contributed by atoms with van der Waals surface area (Å²) < 4.78 is 5.17. The van der Waals surface area contributed by atoms with E-state index < -0.39 is 0 Å². The molecule has 6 nitrogen and oxygen atoms in total. The summed E-state index contributed by atoms with van der Waals surface area (Å²) in [6.07, 6.45) is -0.179. The summed E-state index contributed by atoms with van der Waals surface area (Å²) in [7, 11) is 1.51. The lowest BCUT2D eigenvalue weighted by molar-refractivity contribution is -0.136. The summed E-state index contributed by atoms with van der Waals surface area (Å²) in [6.45, 7) is 6.12. The van der Waals surface area contributed by atoms with Gasteiger partial charge in [-0.1, -0.05) is 18.5 Å². The Morgan fingerprint density at radius 1 is 1.26 bits per heavy atom. The van der Waals surface area contributed by atoms with E-state index in [0.29, 0.717) is 29.5 Å². The fourth-order valence-corrected chi connectivity index (χ4v) is 2.71. The van der Waals surface area contributed by atoms with E-state index in [2.05, 4.69) is 17.1 Å². The summed E-state index contributed by atoms with van der Waals surface area (Å²) in [5, 5.41) is 3.17. The third-order valence-electron chi connectivity index (χ3n) is 3.92. The Labute approximate surface area is 141 Å². The minimum absolute atomic E-state index is 0.153. The van der Waals surface area contributed by atoms with Gasteiger partial charge in [0.25, 0.3) is 0 Å². The van der Waals surface area contributed by atoms with Gasteiger partial charge in [-0.3, -0.25) is 9.59 Å². The molecule has 0 radical (unpaired) electrons. The Morgan fingerprint density at radius 2 is 1.96 bits per heavy atom. The summed E-state index contributed by atoms with van der Waals surface area (Å²) in [4.78, 5) is 28.3. The number of nitrogens with one attached hydrogen (secondary N) is 1. The SMILES string of the molecule is CCN1CCN(C(=O)CC(=O)Nc2cc(Cl)ccc2OC)CC1. The van der Waals surface area contributed by atoms with Crippen LogP contribution in [0.2, 0.25) is 5.02 Å². The molecule has 1 N–H and O–H groups in total. The highest BCUT2D eigenvalue weighted by atomic mass is 35.5. The van der Waals surface area contributed by atoms with Crippen LogP contribution in [0, 0.1) is 0 Å². The second kappa shape index (κ2) is 8.17. The van der Waals surface area contributed by atoms with Gasteiger partial charge in [-0.2, -0.15) is 0 Å².